The summed E-state index contributed by atoms with van der Waals surface area (Å²) in [7, 11) is 0. The average Bonchev–Trinajstić information content (AvgIpc) is 3.28. The molecule has 0 spiro atoms. The van der Waals surface area contributed by atoms with Crippen molar-refractivity contribution in [1.29, 1.82) is 0 Å². The van der Waals surface area contributed by atoms with E-state index in [2.05, 4.69) is 254 Å². The Hall–Kier alpha value is -6.58. The second-order valence-electron chi connectivity index (χ2n) is 20.7. The minimum atomic E-state index is -0.0376. The van der Waals surface area contributed by atoms with Gasteiger partial charge in [-0.25, -0.2) is 0 Å². The van der Waals surface area contributed by atoms with Crippen LogP contribution >= 0.6 is 0 Å². The summed E-state index contributed by atoms with van der Waals surface area (Å²) in [4.78, 5) is 5.15. The molecule has 0 N–H and O–H groups in total. The largest absolute Gasteiger partial charge is 0.311 e. The lowest BCUT2D eigenvalue weighted by Crippen LogP contribution is -2.61. The van der Waals surface area contributed by atoms with Crippen LogP contribution in [-0.2, 0) is 16.2 Å². The number of anilines is 6. The van der Waals surface area contributed by atoms with E-state index in [1.807, 2.05) is 0 Å². The lowest BCUT2D eigenvalue weighted by Gasteiger charge is -2.45. The monoisotopic (exact) mass is 816 g/mol. The summed E-state index contributed by atoms with van der Waals surface area (Å²) >= 11 is 0. The summed E-state index contributed by atoms with van der Waals surface area (Å²) in [6.45, 7) is 20.9. The minimum Gasteiger partial charge on any atom is -0.311 e. The highest BCUT2D eigenvalue weighted by Crippen LogP contribution is 2.49. The molecule has 63 heavy (non-hydrogen) atoms. The van der Waals surface area contributed by atoms with Gasteiger partial charge in [0.05, 0.1) is 5.69 Å². The highest BCUT2D eigenvalue weighted by molar-refractivity contribution is 7.00. The zero-order valence-electron chi connectivity index (χ0n) is 38.3. The van der Waals surface area contributed by atoms with E-state index in [0.29, 0.717) is 0 Å². The predicted octanol–water partition coefficient (Wildman–Crippen LogP) is 14.7. The van der Waals surface area contributed by atoms with Gasteiger partial charge in [-0.15, -0.1) is 0 Å². The molecule has 0 unspecified atom stereocenters. The first-order chi connectivity index (χ1) is 30.1. The highest BCUT2D eigenvalue weighted by Gasteiger charge is 2.45. The quantitative estimate of drug-likeness (QED) is 0.160. The van der Waals surface area contributed by atoms with E-state index in [9.17, 15) is 0 Å². The summed E-state index contributed by atoms with van der Waals surface area (Å²) in [6, 6.07) is 68.6. The molecule has 2 nitrogen and oxygen atoms in total. The summed E-state index contributed by atoms with van der Waals surface area (Å²) in [5.41, 5.74) is 22.4. The van der Waals surface area contributed by atoms with Crippen molar-refractivity contribution >= 4 is 57.2 Å². The third-order valence-corrected chi connectivity index (χ3v) is 13.3. The van der Waals surface area contributed by atoms with Crippen molar-refractivity contribution in [3.05, 3.63) is 199 Å². The Morgan fingerprint density at radius 3 is 1.35 bits per heavy atom. The number of nitrogens with zero attached hydrogens (tertiary/aromatic N) is 2. The number of hydrogen-bond acceptors (Lipinski definition) is 2. The number of para-hydroxylation sites is 1. The van der Waals surface area contributed by atoms with Gasteiger partial charge in [0.15, 0.2) is 0 Å². The topological polar surface area (TPSA) is 6.48 Å². The summed E-state index contributed by atoms with van der Waals surface area (Å²) in [5, 5.41) is 0. The van der Waals surface area contributed by atoms with E-state index in [4.69, 9.17) is 0 Å². The first kappa shape index (κ1) is 40.5. The van der Waals surface area contributed by atoms with E-state index in [1.54, 1.807) is 0 Å². The predicted molar refractivity (Wildman–Crippen MR) is 273 cm³/mol. The van der Waals surface area contributed by atoms with Gasteiger partial charge in [-0.2, -0.15) is 0 Å². The van der Waals surface area contributed by atoms with Crippen LogP contribution in [-0.4, -0.2) is 6.71 Å². The number of hydrogen-bond donors (Lipinski definition) is 0. The molecule has 8 aromatic carbocycles. The van der Waals surface area contributed by atoms with Crippen LogP contribution in [0.3, 0.4) is 0 Å². The third-order valence-electron chi connectivity index (χ3n) is 13.3. The van der Waals surface area contributed by atoms with Gasteiger partial charge < -0.3 is 9.80 Å². The Morgan fingerprint density at radius 2 is 0.778 bits per heavy atom. The fourth-order valence-corrected chi connectivity index (χ4v) is 9.79. The van der Waals surface area contributed by atoms with Gasteiger partial charge in [-0.3, -0.25) is 0 Å². The Labute approximate surface area is 376 Å². The molecule has 0 radical (unpaired) electrons. The number of benzene rings is 8. The summed E-state index contributed by atoms with van der Waals surface area (Å²) in [5.74, 6) is 0. The molecule has 0 bridgehead atoms. The van der Waals surface area contributed by atoms with Crippen LogP contribution in [0.25, 0.3) is 33.4 Å². The zero-order chi connectivity index (χ0) is 43.8. The summed E-state index contributed by atoms with van der Waals surface area (Å²) < 4.78 is 0. The molecular formula is C60H57BN2. The Balaban J connectivity index is 1.34. The molecule has 0 saturated carbocycles. The average molecular weight is 817 g/mol. The first-order valence-electron chi connectivity index (χ1n) is 22.6. The van der Waals surface area contributed by atoms with E-state index < -0.39 is 0 Å². The molecule has 310 valence electrons. The van der Waals surface area contributed by atoms with Gasteiger partial charge in [0, 0.05) is 34.0 Å². The molecule has 10 rings (SSSR count). The normalized spacial score (nSPS) is 13.4. The van der Waals surface area contributed by atoms with Gasteiger partial charge in [0.1, 0.15) is 0 Å². The Kier molecular flexibility index (Phi) is 9.68. The molecule has 0 fully saturated rings. The smallest absolute Gasteiger partial charge is 0.252 e. The summed E-state index contributed by atoms with van der Waals surface area (Å²) in [6.07, 6.45) is 0. The van der Waals surface area contributed by atoms with Crippen molar-refractivity contribution in [2.45, 2.75) is 78.6 Å². The van der Waals surface area contributed by atoms with Crippen LogP contribution in [0, 0.1) is 0 Å². The van der Waals surface area contributed by atoms with E-state index >= 15 is 0 Å². The van der Waals surface area contributed by atoms with Crippen molar-refractivity contribution in [2.75, 3.05) is 9.80 Å². The number of rotatable bonds is 5. The lowest BCUT2D eigenvalue weighted by molar-refractivity contribution is 0.590. The van der Waals surface area contributed by atoms with Crippen molar-refractivity contribution in [2.24, 2.45) is 0 Å². The van der Waals surface area contributed by atoms with Gasteiger partial charge in [0.25, 0.3) is 6.71 Å². The Morgan fingerprint density at radius 1 is 0.317 bits per heavy atom. The van der Waals surface area contributed by atoms with Crippen LogP contribution in [0.15, 0.2) is 182 Å². The molecule has 2 aliphatic rings. The molecule has 0 amide bonds. The maximum absolute atomic E-state index is 2.59. The van der Waals surface area contributed by atoms with Crippen LogP contribution in [0.1, 0.15) is 79.0 Å². The molecule has 3 heteroatoms. The second-order valence-corrected chi connectivity index (χ2v) is 20.7. The Bertz CT molecular complexity index is 3000. The molecule has 0 atom stereocenters. The van der Waals surface area contributed by atoms with Crippen molar-refractivity contribution in [1.82, 2.24) is 0 Å². The standard InChI is InChI=1S/C60H57BN2/c1-58(2,3)45-27-31-48(32-28-45)62-53-33-29-46(59(4,5)6)38-50(53)61-51-39-47(60(7,8)9)30-34-54(51)63(52-26-17-16-25-49(52)41-21-14-11-15-22-41)56-37-44(36-55(62)57(56)61)43-24-18-23-42(35-43)40-19-12-10-13-20-40/h10-39H,1-9H3. The molecule has 0 aliphatic carbocycles. The van der Waals surface area contributed by atoms with Crippen LogP contribution in [0.2, 0.25) is 0 Å². The molecule has 2 heterocycles. The molecule has 0 saturated heterocycles. The van der Waals surface area contributed by atoms with Gasteiger partial charge in [0.2, 0.25) is 0 Å². The van der Waals surface area contributed by atoms with Crippen LogP contribution in [0.5, 0.6) is 0 Å². The molecule has 0 aromatic heterocycles. The van der Waals surface area contributed by atoms with Crippen LogP contribution < -0.4 is 26.2 Å². The molecule has 2 aliphatic heterocycles. The van der Waals surface area contributed by atoms with E-state index in [-0.39, 0.29) is 23.0 Å². The first-order valence-corrected chi connectivity index (χ1v) is 22.6. The van der Waals surface area contributed by atoms with Crippen molar-refractivity contribution < 1.29 is 0 Å². The zero-order valence-corrected chi connectivity index (χ0v) is 38.3. The number of fused-ring (bicyclic) bond motifs is 4. The van der Waals surface area contributed by atoms with Crippen LogP contribution in [0.4, 0.5) is 34.1 Å². The van der Waals surface area contributed by atoms with Crippen molar-refractivity contribution in [3.8, 4) is 33.4 Å². The van der Waals surface area contributed by atoms with E-state index in [1.165, 1.54) is 94.9 Å². The molecule has 8 aromatic rings. The lowest BCUT2D eigenvalue weighted by atomic mass is 9.33. The SMILES string of the molecule is CC(C)(C)c1ccc(N2c3ccc(C(C)(C)C)cc3B3c4cc(C(C)(C)C)ccc4N(c4ccccc4-c4ccccc4)c4cc(-c5cccc(-c6ccccc6)c5)cc2c43)cc1. The molecular weight excluding hydrogens is 759 g/mol. The van der Waals surface area contributed by atoms with Crippen molar-refractivity contribution in [3.63, 3.8) is 0 Å². The van der Waals surface area contributed by atoms with E-state index in [0.717, 1.165) is 5.69 Å². The highest BCUT2D eigenvalue weighted by atomic mass is 15.2. The minimum absolute atomic E-state index is 0.000427. The third kappa shape index (κ3) is 7.18. The maximum atomic E-state index is 2.59. The van der Waals surface area contributed by atoms with Gasteiger partial charge >= 0.3 is 0 Å². The van der Waals surface area contributed by atoms with Gasteiger partial charge in [-0.1, -0.05) is 196 Å². The fourth-order valence-electron chi connectivity index (χ4n) is 9.79. The fraction of sp³-hybridized carbons (Fsp3) is 0.200. The second kappa shape index (κ2) is 15.1. The maximum Gasteiger partial charge on any atom is 0.252 e. The van der Waals surface area contributed by atoms with Gasteiger partial charge in [-0.05, 0) is 126 Å².